The standard InChI is InChI=1S/C30H32N2O4/c1-3-32-24-11-5-4-9-21(24)22-16-19(13-14-25(22)32)28-27(30(34)36-17-20-8-7-15-35-20)18(2)31-23-10-6-12-26(33)29(23)28/h4-5,9,11,13-14,16,20,28,31H,3,6-8,10,12,15,17H2,1-2H3/t20-,28-/m0/s1. The minimum atomic E-state index is -0.445. The molecule has 36 heavy (non-hydrogen) atoms. The van der Waals surface area contributed by atoms with Crippen LogP contribution in [-0.2, 0) is 25.6 Å². The second-order valence-electron chi connectivity index (χ2n) is 10.0. The number of carbonyl (C=O) groups is 2. The zero-order chi connectivity index (χ0) is 24.8. The van der Waals surface area contributed by atoms with Gasteiger partial charge in [0.15, 0.2) is 5.78 Å². The number of hydrogen-bond donors (Lipinski definition) is 1. The number of ketones is 1. The molecule has 1 N–H and O–H groups in total. The minimum absolute atomic E-state index is 0.0486. The van der Waals surface area contributed by atoms with E-state index >= 15 is 0 Å². The molecule has 0 radical (unpaired) electrons. The van der Waals surface area contributed by atoms with Gasteiger partial charge in [-0.2, -0.15) is 0 Å². The average Bonchev–Trinajstić information content (AvgIpc) is 3.52. The van der Waals surface area contributed by atoms with E-state index in [4.69, 9.17) is 9.47 Å². The number of para-hydroxylation sites is 1. The van der Waals surface area contributed by atoms with Crippen molar-refractivity contribution in [3.05, 3.63) is 70.6 Å². The molecule has 1 fully saturated rings. The number of carbonyl (C=O) groups excluding carboxylic acids is 2. The Labute approximate surface area is 210 Å². The van der Waals surface area contributed by atoms with Gasteiger partial charge in [-0.05, 0) is 63.3 Å². The number of ether oxygens (including phenoxy) is 2. The number of nitrogens with one attached hydrogen (secondary N) is 1. The summed E-state index contributed by atoms with van der Waals surface area (Å²) in [6.45, 7) is 5.89. The number of rotatable bonds is 5. The van der Waals surface area contributed by atoms with Gasteiger partial charge in [-0.1, -0.05) is 24.3 Å². The molecule has 2 aromatic carbocycles. The zero-order valence-electron chi connectivity index (χ0n) is 20.9. The van der Waals surface area contributed by atoms with Crippen molar-refractivity contribution < 1.29 is 19.1 Å². The number of hydrogen-bond acceptors (Lipinski definition) is 5. The van der Waals surface area contributed by atoms with Gasteiger partial charge in [0.1, 0.15) is 6.61 Å². The molecule has 0 bridgehead atoms. The summed E-state index contributed by atoms with van der Waals surface area (Å²) in [7, 11) is 0. The molecule has 3 aromatic rings. The van der Waals surface area contributed by atoms with E-state index in [2.05, 4.69) is 59.3 Å². The van der Waals surface area contributed by atoms with Crippen molar-refractivity contribution in [3.63, 3.8) is 0 Å². The molecule has 0 spiro atoms. The van der Waals surface area contributed by atoms with Crippen LogP contribution in [0.25, 0.3) is 21.8 Å². The number of dihydropyridines is 1. The minimum Gasteiger partial charge on any atom is -0.459 e. The fourth-order valence-electron chi connectivity index (χ4n) is 6.20. The van der Waals surface area contributed by atoms with Crippen LogP contribution in [0.4, 0.5) is 0 Å². The smallest absolute Gasteiger partial charge is 0.336 e. The van der Waals surface area contributed by atoms with Crippen molar-refractivity contribution in [2.75, 3.05) is 13.2 Å². The second-order valence-corrected chi connectivity index (χ2v) is 10.0. The van der Waals surface area contributed by atoms with Crippen molar-refractivity contribution >= 4 is 33.6 Å². The summed E-state index contributed by atoms with van der Waals surface area (Å²) in [6, 6.07) is 14.8. The Balaban J connectivity index is 1.47. The molecular formula is C30H32N2O4. The zero-order valence-corrected chi connectivity index (χ0v) is 20.9. The quantitative estimate of drug-likeness (QED) is 0.484. The lowest BCUT2D eigenvalue weighted by molar-refractivity contribution is -0.142. The second kappa shape index (κ2) is 9.25. The van der Waals surface area contributed by atoms with E-state index in [1.807, 2.05) is 6.92 Å². The van der Waals surface area contributed by atoms with Crippen LogP contribution >= 0.6 is 0 Å². The summed E-state index contributed by atoms with van der Waals surface area (Å²) in [5.74, 6) is -0.706. The van der Waals surface area contributed by atoms with Crippen LogP contribution < -0.4 is 5.32 Å². The van der Waals surface area contributed by atoms with Gasteiger partial charge in [0.25, 0.3) is 0 Å². The van der Waals surface area contributed by atoms with E-state index in [1.54, 1.807) is 0 Å². The third kappa shape index (κ3) is 3.75. The van der Waals surface area contributed by atoms with Gasteiger partial charge >= 0.3 is 5.97 Å². The van der Waals surface area contributed by atoms with Crippen LogP contribution in [0.3, 0.4) is 0 Å². The molecule has 6 heteroatoms. The van der Waals surface area contributed by atoms with Gasteiger partial charge in [-0.25, -0.2) is 4.79 Å². The average molecular weight is 485 g/mol. The summed E-state index contributed by atoms with van der Waals surface area (Å²) >= 11 is 0. The van der Waals surface area contributed by atoms with Gasteiger partial charge < -0.3 is 19.4 Å². The van der Waals surface area contributed by atoms with Gasteiger partial charge in [0.05, 0.1) is 11.7 Å². The molecule has 3 aliphatic rings. The SMILES string of the molecule is CCn1c2ccccc2c2cc([C@H]3C(C(=O)OC[C@@H]4CCCO4)=C(C)NC4=C3C(=O)CCC4)ccc21. The van der Waals surface area contributed by atoms with Crippen molar-refractivity contribution in [3.8, 4) is 0 Å². The van der Waals surface area contributed by atoms with Gasteiger partial charge in [0, 0.05) is 64.3 Å². The summed E-state index contributed by atoms with van der Waals surface area (Å²) < 4.78 is 13.8. The summed E-state index contributed by atoms with van der Waals surface area (Å²) in [4.78, 5) is 26.8. The Kier molecular flexibility index (Phi) is 5.92. The van der Waals surface area contributed by atoms with Crippen LogP contribution in [0, 0.1) is 0 Å². The molecule has 2 atom stereocenters. The maximum absolute atomic E-state index is 13.5. The Bertz CT molecular complexity index is 1440. The number of nitrogens with zero attached hydrogens (tertiary/aromatic N) is 1. The van der Waals surface area contributed by atoms with Crippen LogP contribution in [0.5, 0.6) is 0 Å². The lowest BCUT2D eigenvalue weighted by Crippen LogP contribution is -2.35. The summed E-state index contributed by atoms with van der Waals surface area (Å²) in [5, 5.41) is 5.71. The molecule has 2 aliphatic heterocycles. The van der Waals surface area contributed by atoms with E-state index in [9.17, 15) is 9.59 Å². The van der Waals surface area contributed by atoms with Crippen molar-refractivity contribution in [1.29, 1.82) is 0 Å². The molecule has 186 valence electrons. The maximum Gasteiger partial charge on any atom is 0.336 e. The van der Waals surface area contributed by atoms with E-state index < -0.39 is 5.92 Å². The highest BCUT2D eigenvalue weighted by atomic mass is 16.6. The van der Waals surface area contributed by atoms with Gasteiger partial charge in [-0.3, -0.25) is 4.79 Å². The molecule has 0 unspecified atom stereocenters. The van der Waals surface area contributed by atoms with Crippen LogP contribution in [0.1, 0.15) is 57.4 Å². The van der Waals surface area contributed by atoms with Crippen LogP contribution in [0.15, 0.2) is 65.0 Å². The lowest BCUT2D eigenvalue weighted by atomic mass is 9.75. The molecule has 1 aliphatic carbocycles. The van der Waals surface area contributed by atoms with Crippen LogP contribution in [-0.4, -0.2) is 35.6 Å². The van der Waals surface area contributed by atoms with E-state index in [1.165, 1.54) is 10.9 Å². The van der Waals surface area contributed by atoms with E-state index in [0.717, 1.165) is 65.7 Å². The first-order valence-electron chi connectivity index (χ1n) is 13.1. The number of Topliss-reactive ketones (excluding diaryl/α,β-unsaturated/α-hetero) is 1. The number of esters is 1. The molecule has 3 heterocycles. The van der Waals surface area contributed by atoms with Crippen molar-refractivity contribution in [2.24, 2.45) is 0 Å². The highest BCUT2D eigenvalue weighted by molar-refractivity contribution is 6.09. The monoisotopic (exact) mass is 484 g/mol. The highest BCUT2D eigenvalue weighted by Crippen LogP contribution is 2.44. The summed E-state index contributed by atoms with van der Waals surface area (Å²) in [6.07, 6.45) is 3.98. The molecule has 0 saturated carbocycles. The first-order valence-corrected chi connectivity index (χ1v) is 13.1. The number of aromatic nitrogens is 1. The molecule has 6 rings (SSSR count). The van der Waals surface area contributed by atoms with Gasteiger partial charge in [0.2, 0.25) is 0 Å². The normalized spacial score (nSPS) is 22.3. The molecule has 1 aromatic heterocycles. The molecule has 1 saturated heterocycles. The van der Waals surface area contributed by atoms with Crippen LogP contribution in [0.2, 0.25) is 0 Å². The Hall–Kier alpha value is -3.38. The molecule has 0 amide bonds. The van der Waals surface area contributed by atoms with Crippen molar-refractivity contribution in [2.45, 2.75) is 64.5 Å². The predicted molar refractivity (Wildman–Crippen MR) is 140 cm³/mol. The third-order valence-corrected chi connectivity index (χ3v) is 7.87. The highest BCUT2D eigenvalue weighted by Gasteiger charge is 2.39. The maximum atomic E-state index is 13.5. The lowest BCUT2D eigenvalue weighted by Gasteiger charge is -2.34. The first kappa shape index (κ1) is 23.0. The van der Waals surface area contributed by atoms with Crippen molar-refractivity contribution in [1.82, 2.24) is 9.88 Å². The largest absolute Gasteiger partial charge is 0.459 e. The number of fused-ring (bicyclic) bond motifs is 3. The predicted octanol–water partition coefficient (Wildman–Crippen LogP) is 5.50. The fraction of sp³-hybridized carbons (Fsp3) is 0.400. The van der Waals surface area contributed by atoms with Gasteiger partial charge in [-0.15, -0.1) is 0 Å². The third-order valence-electron chi connectivity index (χ3n) is 7.87. The van der Waals surface area contributed by atoms with E-state index in [0.29, 0.717) is 18.6 Å². The Morgan fingerprint density at radius 3 is 2.75 bits per heavy atom. The topological polar surface area (TPSA) is 69.6 Å². The summed E-state index contributed by atoms with van der Waals surface area (Å²) in [5.41, 5.74) is 6.25. The Morgan fingerprint density at radius 2 is 1.94 bits per heavy atom. The molecule has 6 nitrogen and oxygen atoms in total. The number of benzene rings is 2. The molecular weight excluding hydrogens is 452 g/mol. The fourth-order valence-corrected chi connectivity index (χ4v) is 6.20. The first-order chi connectivity index (χ1) is 17.6. The van der Waals surface area contributed by atoms with E-state index in [-0.39, 0.29) is 24.5 Å². The number of allylic oxidation sites excluding steroid dienone is 3. The number of aryl methyl sites for hydroxylation is 1. The Morgan fingerprint density at radius 1 is 1.11 bits per heavy atom.